The molecule has 0 aliphatic carbocycles. The Labute approximate surface area is 96.7 Å². The second-order valence-corrected chi connectivity index (χ2v) is 3.64. The minimum atomic E-state index is 0.598. The van der Waals surface area contributed by atoms with E-state index in [2.05, 4.69) is 28.6 Å². The molecule has 0 bridgehead atoms. The molecule has 0 saturated heterocycles. The van der Waals surface area contributed by atoms with E-state index >= 15 is 0 Å². The van der Waals surface area contributed by atoms with Crippen LogP contribution in [0.2, 0.25) is 0 Å². The maximum Gasteiger partial charge on any atom is 0.144 e. The topological polar surface area (TPSA) is 60.7 Å². The molecule has 0 aliphatic heterocycles. The van der Waals surface area contributed by atoms with Crippen LogP contribution in [0.4, 0.5) is 5.82 Å². The van der Waals surface area contributed by atoms with Gasteiger partial charge in [-0.2, -0.15) is 5.26 Å². The van der Waals surface area contributed by atoms with E-state index in [1.54, 1.807) is 6.07 Å². The molecule has 1 heterocycles. The summed E-state index contributed by atoms with van der Waals surface area (Å²) in [5, 5.41) is 15.4. The molecule has 1 rings (SSSR count). The van der Waals surface area contributed by atoms with E-state index in [9.17, 15) is 0 Å². The average Bonchev–Trinajstić information content (AvgIpc) is 2.29. The van der Waals surface area contributed by atoms with Gasteiger partial charge in [0.1, 0.15) is 11.9 Å². The van der Waals surface area contributed by atoms with Crippen molar-refractivity contribution in [3.63, 3.8) is 0 Å². The van der Waals surface area contributed by atoms with Crippen LogP contribution < -0.4 is 10.6 Å². The van der Waals surface area contributed by atoms with E-state index < -0.39 is 0 Å². The van der Waals surface area contributed by atoms with Crippen LogP contribution in [-0.4, -0.2) is 24.6 Å². The highest BCUT2D eigenvalue weighted by Crippen LogP contribution is 2.11. The fourth-order valence-electron chi connectivity index (χ4n) is 1.35. The van der Waals surface area contributed by atoms with Crippen LogP contribution in [-0.2, 0) is 0 Å². The summed E-state index contributed by atoms with van der Waals surface area (Å²) in [4.78, 5) is 4.30. The molecule has 16 heavy (non-hydrogen) atoms. The quantitative estimate of drug-likeness (QED) is 0.713. The van der Waals surface area contributed by atoms with Crippen molar-refractivity contribution in [2.24, 2.45) is 0 Å². The number of aryl methyl sites for hydroxylation is 1. The summed E-state index contributed by atoms with van der Waals surface area (Å²) in [6.07, 6.45) is 1.13. The molecule has 4 nitrogen and oxygen atoms in total. The number of aromatic nitrogens is 1. The van der Waals surface area contributed by atoms with Gasteiger partial charge in [0.05, 0.1) is 5.56 Å². The molecule has 0 fully saturated rings. The molecule has 0 amide bonds. The van der Waals surface area contributed by atoms with Gasteiger partial charge in [0, 0.05) is 18.8 Å². The lowest BCUT2D eigenvalue weighted by Crippen LogP contribution is -2.23. The van der Waals surface area contributed by atoms with E-state index in [1.807, 2.05) is 13.0 Å². The fraction of sp³-hybridized carbons (Fsp3) is 0.500. The van der Waals surface area contributed by atoms with Crippen molar-refractivity contribution >= 4 is 5.82 Å². The van der Waals surface area contributed by atoms with Crippen molar-refractivity contribution in [1.29, 1.82) is 5.26 Å². The van der Waals surface area contributed by atoms with Crippen LogP contribution in [0, 0.1) is 18.3 Å². The van der Waals surface area contributed by atoms with Gasteiger partial charge in [-0.05, 0) is 32.0 Å². The summed E-state index contributed by atoms with van der Waals surface area (Å²) >= 11 is 0. The van der Waals surface area contributed by atoms with Crippen molar-refractivity contribution in [2.75, 3.05) is 25.0 Å². The number of anilines is 1. The summed E-state index contributed by atoms with van der Waals surface area (Å²) < 4.78 is 0. The van der Waals surface area contributed by atoms with Gasteiger partial charge >= 0.3 is 0 Å². The molecule has 2 N–H and O–H groups in total. The van der Waals surface area contributed by atoms with Crippen LogP contribution >= 0.6 is 0 Å². The van der Waals surface area contributed by atoms with Gasteiger partial charge in [-0.25, -0.2) is 4.98 Å². The highest BCUT2D eigenvalue weighted by Gasteiger charge is 2.02. The molecule has 0 unspecified atom stereocenters. The molecule has 0 saturated carbocycles. The van der Waals surface area contributed by atoms with Gasteiger partial charge in [-0.1, -0.05) is 6.92 Å². The predicted molar refractivity (Wildman–Crippen MR) is 65.3 cm³/mol. The third kappa shape index (κ3) is 3.87. The standard InChI is InChI=1S/C12H18N4/c1-3-6-14-7-8-15-12-11(9-13)5-4-10(2)16-12/h4-5,14H,3,6-8H2,1-2H3,(H,15,16). The number of nitrogens with zero attached hydrogens (tertiary/aromatic N) is 2. The monoisotopic (exact) mass is 218 g/mol. The first kappa shape index (κ1) is 12.5. The molecular weight excluding hydrogens is 200 g/mol. The van der Waals surface area contributed by atoms with E-state index in [1.165, 1.54) is 0 Å². The van der Waals surface area contributed by atoms with Gasteiger partial charge in [0.25, 0.3) is 0 Å². The SMILES string of the molecule is CCCNCCNc1nc(C)ccc1C#N. The van der Waals surface area contributed by atoms with E-state index in [-0.39, 0.29) is 0 Å². The summed E-state index contributed by atoms with van der Waals surface area (Å²) in [5.41, 5.74) is 1.52. The number of pyridine rings is 1. The first-order chi connectivity index (χ1) is 7.77. The minimum absolute atomic E-state index is 0.598. The zero-order valence-electron chi connectivity index (χ0n) is 9.88. The summed E-state index contributed by atoms with van der Waals surface area (Å²) in [7, 11) is 0. The fourth-order valence-corrected chi connectivity index (χ4v) is 1.35. The van der Waals surface area contributed by atoms with Crippen molar-refractivity contribution in [2.45, 2.75) is 20.3 Å². The Morgan fingerprint density at radius 3 is 2.81 bits per heavy atom. The van der Waals surface area contributed by atoms with Crippen molar-refractivity contribution in [1.82, 2.24) is 10.3 Å². The lowest BCUT2D eigenvalue weighted by Gasteiger charge is -2.08. The Balaban J connectivity index is 2.46. The Morgan fingerprint density at radius 1 is 1.31 bits per heavy atom. The summed E-state index contributed by atoms with van der Waals surface area (Å²) in [5.74, 6) is 0.681. The Bertz CT molecular complexity index is 368. The minimum Gasteiger partial charge on any atom is -0.368 e. The number of nitriles is 1. The van der Waals surface area contributed by atoms with E-state index in [4.69, 9.17) is 5.26 Å². The van der Waals surface area contributed by atoms with Crippen LogP contribution in [0.3, 0.4) is 0 Å². The van der Waals surface area contributed by atoms with Gasteiger partial charge in [-0.15, -0.1) is 0 Å². The molecule has 0 atom stereocenters. The molecular formula is C12H18N4. The van der Waals surface area contributed by atoms with Gasteiger partial charge in [0.2, 0.25) is 0 Å². The highest BCUT2D eigenvalue weighted by molar-refractivity contribution is 5.52. The van der Waals surface area contributed by atoms with E-state index in [0.29, 0.717) is 11.4 Å². The molecule has 1 aromatic rings. The lowest BCUT2D eigenvalue weighted by atomic mass is 10.2. The van der Waals surface area contributed by atoms with Crippen molar-refractivity contribution < 1.29 is 0 Å². The zero-order chi connectivity index (χ0) is 11.8. The zero-order valence-corrected chi connectivity index (χ0v) is 9.88. The van der Waals surface area contributed by atoms with Gasteiger partial charge < -0.3 is 10.6 Å². The molecule has 0 radical (unpaired) electrons. The molecule has 1 aromatic heterocycles. The van der Waals surface area contributed by atoms with Crippen LogP contribution in [0.15, 0.2) is 12.1 Å². The Hall–Kier alpha value is -1.60. The van der Waals surface area contributed by atoms with Gasteiger partial charge in [0.15, 0.2) is 0 Å². The van der Waals surface area contributed by atoms with Crippen LogP contribution in [0.25, 0.3) is 0 Å². The second kappa shape index (κ2) is 6.81. The third-order valence-electron chi connectivity index (χ3n) is 2.18. The van der Waals surface area contributed by atoms with Crippen LogP contribution in [0.1, 0.15) is 24.6 Å². The summed E-state index contributed by atoms with van der Waals surface area (Å²) in [6, 6.07) is 5.77. The average molecular weight is 218 g/mol. The Morgan fingerprint density at radius 2 is 2.12 bits per heavy atom. The first-order valence-electron chi connectivity index (χ1n) is 5.60. The predicted octanol–water partition coefficient (Wildman–Crippen LogP) is 1.67. The maximum atomic E-state index is 8.90. The second-order valence-electron chi connectivity index (χ2n) is 3.64. The first-order valence-corrected chi connectivity index (χ1v) is 5.60. The number of hydrogen-bond donors (Lipinski definition) is 2. The van der Waals surface area contributed by atoms with Crippen molar-refractivity contribution in [3.05, 3.63) is 23.4 Å². The third-order valence-corrected chi connectivity index (χ3v) is 2.18. The summed E-state index contributed by atoms with van der Waals surface area (Å²) in [6.45, 7) is 6.74. The van der Waals surface area contributed by atoms with Gasteiger partial charge in [-0.3, -0.25) is 0 Å². The molecule has 0 spiro atoms. The number of nitrogens with one attached hydrogen (secondary N) is 2. The normalized spacial score (nSPS) is 9.81. The number of hydrogen-bond acceptors (Lipinski definition) is 4. The molecule has 86 valence electrons. The molecule has 0 aliphatic rings. The molecule has 0 aromatic carbocycles. The highest BCUT2D eigenvalue weighted by atomic mass is 15.0. The smallest absolute Gasteiger partial charge is 0.144 e. The Kier molecular flexibility index (Phi) is 5.30. The van der Waals surface area contributed by atoms with Crippen LogP contribution in [0.5, 0.6) is 0 Å². The van der Waals surface area contributed by atoms with Crippen molar-refractivity contribution in [3.8, 4) is 6.07 Å². The maximum absolute atomic E-state index is 8.90. The van der Waals surface area contributed by atoms with E-state index in [0.717, 1.165) is 31.7 Å². The number of rotatable bonds is 6. The lowest BCUT2D eigenvalue weighted by molar-refractivity contribution is 0.687. The largest absolute Gasteiger partial charge is 0.368 e. The molecule has 4 heteroatoms.